The summed E-state index contributed by atoms with van der Waals surface area (Å²) < 4.78 is 5.27. The van der Waals surface area contributed by atoms with Gasteiger partial charge in [0, 0.05) is 12.7 Å². The molecular weight excluding hydrogens is 368 g/mol. The van der Waals surface area contributed by atoms with E-state index in [2.05, 4.69) is 23.4 Å². The molecule has 4 saturated carbocycles. The van der Waals surface area contributed by atoms with Gasteiger partial charge >= 0.3 is 11.9 Å². The van der Waals surface area contributed by atoms with Crippen LogP contribution in [0.3, 0.4) is 0 Å². The Labute approximate surface area is 165 Å². The van der Waals surface area contributed by atoms with Gasteiger partial charge in [-0.3, -0.25) is 9.59 Å². The van der Waals surface area contributed by atoms with Crippen molar-refractivity contribution in [3.63, 3.8) is 0 Å². The number of hydrogen-bond acceptors (Lipinski definition) is 7. The van der Waals surface area contributed by atoms with Crippen LogP contribution in [0.4, 0.5) is 0 Å². The SMILES string of the molecule is CC(=O)NC[C@H](OC(=O)[C@H](C)CS)C(=O)ONC12CC3CC(CC(C3)C1)C2. The zero-order valence-electron chi connectivity index (χ0n) is 16.0. The van der Waals surface area contributed by atoms with E-state index >= 15 is 0 Å². The summed E-state index contributed by atoms with van der Waals surface area (Å²) >= 11 is 4.08. The zero-order chi connectivity index (χ0) is 19.6. The van der Waals surface area contributed by atoms with Crippen molar-refractivity contribution in [3.8, 4) is 0 Å². The van der Waals surface area contributed by atoms with Crippen molar-refractivity contribution >= 4 is 30.5 Å². The molecule has 7 nitrogen and oxygen atoms in total. The fourth-order valence-electron chi connectivity index (χ4n) is 5.20. The second-order valence-electron chi connectivity index (χ2n) is 8.67. The van der Waals surface area contributed by atoms with Crippen molar-refractivity contribution < 1.29 is 24.0 Å². The third kappa shape index (κ3) is 4.96. The maximum absolute atomic E-state index is 12.6. The molecule has 4 bridgehead atoms. The molecule has 4 aliphatic carbocycles. The molecule has 0 aromatic heterocycles. The van der Waals surface area contributed by atoms with E-state index in [1.165, 1.54) is 26.2 Å². The molecule has 0 saturated heterocycles. The van der Waals surface area contributed by atoms with Crippen LogP contribution in [0.1, 0.15) is 52.4 Å². The summed E-state index contributed by atoms with van der Waals surface area (Å²) in [4.78, 5) is 41.2. The minimum Gasteiger partial charge on any atom is -0.448 e. The van der Waals surface area contributed by atoms with Gasteiger partial charge in [0.1, 0.15) is 0 Å². The molecule has 0 radical (unpaired) electrons. The molecule has 0 aliphatic heterocycles. The summed E-state index contributed by atoms with van der Waals surface area (Å²) in [6.45, 7) is 2.90. The lowest BCUT2D eigenvalue weighted by Gasteiger charge is -2.56. The molecular formula is C19H30N2O5S. The molecule has 4 aliphatic rings. The second kappa shape index (κ2) is 8.39. The van der Waals surface area contributed by atoms with Crippen molar-refractivity contribution in [2.75, 3.05) is 12.3 Å². The molecule has 0 unspecified atom stereocenters. The van der Waals surface area contributed by atoms with Crippen LogP contribution < -0.4 is 10.8 Å². The molecule has 0 heterocycles. The molecule has 0 aromatic carbocycles. The van der Waals surface area contributed by atoms with E-state index in [1.54, 1.807) is 6.92 Å². The van der Waals surface area contributed by atoms with E-state index < -0.39 is 24.0 Å². The number of carbonyl (C=O) groups excluding carboxylic acids is 3. The number of esters is 1. The lowest BCUT2D eigenvalue weighted by atomic mass is 9.53. The van der Waals surface area contributed by atoms with Crippen molar-refractivity contribution in [1.82, 2.24) is 10.8 Å². The number of thiol groups is 1. The Bertz CT molecular complexity index is 561. The molecule has 27 heavy (non-hydrogen) atoms. The first-order valence-corrected chi connectivity index (χ1v) is 10.5. The minimum absolute atomic E-state index is 0.109. The molecule has 0 aromatic rings. The normalized spacial score (nSPS) is 33.2. The zero-order valence-corrected chi connectivity index (χ0v) is 16.9. The van der Waals surface area contributed by atoms with Gasteiger partial charge < -0.3 is 14.9 Å². The number of hydrogen-bond donors (Lipinski definition) is 3. The summed E-state index contributed by atoms with van der Waals surface area (Å²) in [5.41, 5.74) is 2.90. The van der Waals surface area contributed by atoms with Gasteiger partial charge in [0.25, 0.3) is 0 Å². The van der Waals surface area contributed by atoms with E-state index in [4.69, 9.17) is 9.57 Å². The molecule has 4 fully saturated rings. The number of rotatable bonds is 8. The van der Waals surface area contributed by atoms with Crippen LogP contribution in [0.15, 0.2) is 0 Å². The topological polar surface area (TPSA) is 93.7 Å². The van der Waals surface area contributed by atoms with E-state index in [-0.39, 0.29) is 18.0 Å². The molecule has 8 heteroatoms. The molecule has 2 atom stereocenters. The number of nitrogens with one attached hydrogen (secondary N) is 2. The van der Waals surface area contributed by atoms with Crippen molar-refractivity contribution in [1.29, 1.82) is 0 Å². The van der Waals surface area contributed by atoms with Gasteiger partial charge in [-0.15, -0.1) is 5.48 Å². The fraction of sp³-hybridized carbons (Fsp3) is 0.842. The predicted molar refractivity (Wildman–Crippen MR) is 102 cm³/mol. The maximum atomic E-state index is 12.6. The molecule has 0 spiro atoms. The Kier molecular flexibility index (Phi) is 6.35. The van der Waals surface area contributed by atoms with Gasteiger partial charge in [0.2, 0.25) is 12.0 Å². The third-order valence-electron chi connectivity index (χ3n) is 6.14. The highest BCUT2D eigenvalue weighted by Gasteiger charge is 2.51. The smallest absolute Gasteiger partial charge is 0.367 e. The molecule has 1 amide bonds. The highest BCUT2D eigenvalue weighted by atomic mass is 32.1. The largest absolute Gasteiger partial charge is 0.448 e. The Morgan fingerprint density at radius 3 is 2.11 bits per heavy atom. The van der Waals surface area contributed by atoms with E-state index in [0.717, 1.165) is 19.3 Å². The quantitative estimate of drug-likeness (QED) is 0.327. The number of ether oxygens (including phenoxy) is 1. The minimum atomic E-state index is -1.18. The summed E-state index contributed by atoms with van der Waals surface area (Å²) in [5.74, 6) is 0.486. The summed E-state index contributed by atoms with van der Waals surface area (Å²) in [7, 11) is 0. The van der Waals surface area contributed by atoms with Crippen molar-refractivity contribution in [3.05, 3.63) is 0 Å². The first kappa shape index (κ1) is 20.5. The molecule has 2 N–H and O–H groups in total. The summed E-state index contributed by atoms with van der Waals surface area (Å²) in [5, 5.41) is 2.52. The van der Waals surface area contributed by atoms with Gasteiger partial charge in [-0.1, -0.05) is 6.92 Å². The maximum Gasteiger partial charge on any atom is 0.367 e. The Morgan fingerprint density at radius 1 is 1.07 bits per heavy atom. The Hall–Kier alpha value is -1.28. The third-order valence-corrected chi connectivity index (χ3v) is 6.69. The van der Waals surface area contributed by atoms with Gasteiger partial charge in [0.15, 0.2) is 0 Å². The van der Waals surface area contributed by atoms with Crippen LogP contribution in [0.5, 0.6) is 0 Å². The summed E-state index contributed by atoms with van der Waals surface area (Å²) in [6, 6.07) is 0. The van der Waals surface area contributed by atoms with Gasteiger partial charge in [-0.25, -0.2) is 4.79 Å². The van der Waals surface area contributed by atoms with Crippen molar-refractivity contribution in [2.45, 2.75) is 64.0 Å². The van der Waals surface area contributed by atoms with Gasteiger partial charge in [0.05, 0.1) is 18.0 Å². The monoisotopic (exact) mass is 398 g/mol. The predicted octanol–water partition coefficient (Wildman–Crippen LogP) is 1.62. The van der Waals surface area contributed by atoms with Crippen LogP contribution >= 0.6 is 12.6 Å². The molecule has 4 rings (SSSR count). The van der Waals surface area contributed by atoms with Crippen LogP contribution in [0.2, 0.25) is 0 Å². The van der Waals surface area contributed by atoms with E-state index in [9.17, 15) is 14.4 Å². The highest BCUT2D eigenvalue weighted by Crippen LogP contribution is 2.55. The lowest BCUT2D eigenvalue weighted by Crippen LogP contribution is -2.59. The average Bonchev–Trinajstić information content (AvgIpc) is 2.61. The Morgan fingerprint density at radius 2 is 1.63 bits per heavy atom. The standard InChI is InChI=1S/C19H30N2O5S/c1-11(10-27)17(23)25-16(9-20-12(2)22)18(24)26-21-19-6-13-3-14(7-19)5-15(4-13)8-19/h11,13-16,21,27H,3-10H2,1-2H3,(H,20,22)/t11-,13?,14?,15?,16+,19?/m1/s1. The highest BCUT2D eigenvalue weighted by molar-refractivity contribution is 7.80. The van der Waals surface area contributed by atoms with E-state index in [0.29, 0.717) is 23.5 Å². The van der Waals surface area contributed by atoms with Crippen LogP contribution in [0, 0.1) is 23.7 Å². The van der Waals surface area contributed by atoms with E-state index in [1.807, 2.05) is 0 Å². The fourth-order valence-corrected chi connectivity index (χ4v) is 5.35. The van der Waals surface area contributed by atoms with Crippen LogP contribution in [-0.4, -0.2) is 41.8 Å². The van der Waals surface area contributed by atoms with Gasteiger partial charge in [-0.05, 0) is 56.3 Å². The Balaban J connectivity index is 1.58. The second-order valence-corrected chi connectivity index (χ2v) is 9.03. The summed E-state index contributed by atoms with van der Waals surface area (Å²) in [6.07, 6.45) is 5.78. The van der Waals surface area contributed by atoms with Crippen molar-refractivity contribution in [2.24, 2.45) is 23.7 Å². The first-order valence-electron chi connectivity index (χ1n) is 9.84. The van der Waals surface area contributed by atoms with Crippen LogP contribution in [0.25, 0.3) is 0 Å². The van der Waals surface area contributed by atoms with Gasteiger partial charge in [-0.2, -0.15) is 12.6 Å². The van der Waals surface area contributed by atoms with Crippen LogP contribution in [-0.2, 0) is 24.0 Å². The number of amides is 1. The number of carbonyl (C=O) groups is 3. The first-order chi connectivity index (χ1) is 12.8. The molecule has 152 valence electrons. The average molecular weight is 399 g/mol. The number of hydroxylamine groups is 1. The lowest BCUT2D eigenvalue weighted by molar-refractivity contribution is -0.183.